The largest absolute Gasteiger partial charge is 0.472 e. The fourth-order valence-corrected chi connectivity index (χ4v) is 14.1. The SMILES string of the molecule is CCCCCCCCCCCCCCCCCC(=O)O[C@H](COC(=O)CCCCCCCCCCCCCCCC)COP(=O)(O)O[C@@H]1C(O[C@@H]2OC(CO[C@@H]3OC(CO[C@@H]4OC(CO)[C@H](O)C(O)[C@@H]4O)[C@H](O)C(O)[C@@H]3O)[C@H](O)C(O)[C@@H]2O)C(O)[C@@H](O)C(O)[C@H]1O[C@H]1OC(CO)[C@@H](O)C(O)[C@H]1O. The molecule has 0 aromatic rings. The lowest BCUT2D eigenvalue weighted by Gasteiger charge is -2.49. The lowest BCUT2D eigenvalue weighted by Crippen LogP contribution is -2.69. The van der Waals surface area contributed by atoms with Gasteiger partial charge >= 0.3 is 19.8 Å². The molecule has 1 aliphatic carbocycles. The molecule has 12 unspecified atom stereocenters. The second-order valence-corrected chi connectivity index (χ2v) is 29.3. The van der Waals surface area contributed by atoms with Gasteiger partial charge in [-0.25, -0.2) is 4.57 Å². The Bertz CT molecular complexity index is 2290. The molecule has 0 aromatic heterocycles. The molecule has 34 heteroatoms. The van der Waals surface area contributed by atoms with E-state index in [1.807, 2.05) is 0 Å². The van der Waals surface area contributed by atoms with E-state index < -0.39 is 225 Å². The van der Waals surface area contributed by atoms with Crippen LogP contribution in [0.4, 0.5) is 0 Å². The summed E-state index contributed by atoms with van der Waals surface area (Å²) in [5.41, 5.74) is 0. The number of hydrogen-bond donors (Lipinski definition) is 18. The number of rotatable bonds is 51. The Morgan fingerprint density at radius 1 is 0.353 bits per heavy atom. The van der Waals surface area contributed by atoms with E-state index in [1.165, 1.54) is 103 Å². The summed E-state index contributed by atoms with van der Waals surface area (Å²) in [4.78, 5) is 38.2. The average Bonchev–Trinajstić information content (AvgIpc) is 0.760. The number of aliphatic hydroxyl groups is 17. The Morgan fingerprint density at radius 2 is 0.647 bits per heavy atom. The van der Waals surface area contributed by atoms with Crippen LogP contribution in [0.1, 0.15) is 213 Å². The number of carbonyl (C=O) groups is 2. The van der Waals surface area contributed by atoms with Crippen molar-refractivity contribution in [2.75, 3.05) is 39.6 Å². The molecule has 1 saturated carbocycles. The molecule has 18 N–H and O–H groups in total. The molecule has 28 atom stereocenters. The van der Waals surface area contributed by atoms with Crippen LogP contribution in [0.15, 0.2) is 0 Å². The van der Waals surface area contributed by atoms with Crippen molar-refractivity contribution in [1.29, 1.82) is 0 Å². The number of ether oxygens (including phenoxy) is 10. The minimum absolute atomic E-state index is 0.00178. The molecule has 0 aromatic carbocycles. The van der Waals surface area contributed by atoms with Gasteiger partial charge in [-0.15, -0.1) is 0 Å². The third-order valence-electron chi connectivity index (χ3n) is 19.6. The average molecular weight is 1500 g/mol. The standard InChI is InChI=1S/C68H125O33P/c1-3-5-7-9-11-13-15-17-19-21-23-25-27-29-31-33-46(72)94-40(36-90-45(71)32-30-28-26-24-22-20-18-16-14-12-10-8-6-4-2)37-93-102(88,89)101-64-62(99-67-60(86)52(78)48(74)42(35-70)96-67)56(82)55(81)57(83)63(64)100-68-61(87)54(80)50(76)44(98-68)39-92-66-59(85)53(79)49(75)43(97-66)38-91-65-58(84)51(77)47(73)41(34-69)95-65/h40-44,47-70,73-87H,3-39H2,1-2H3,(H,88,89)/t40-,41?,42?,43?,44?,47+,48-,49+,50+,51?,52?,53?,54?,55+,56?,57?,58+,59+,60-,61+,62-,63?,64+,65-,66-,67-,68+/m1/s1. The van der Waals surface area contributed by atoms with Crippen LogP contribution in [0.3, 0.4) is 0 Å². The Labute approximate surface area is 598 Å². The highest BCUT2D eigenvalue weighted by Crippen LogP contribution is 2.49. The molecule has 4 aliphatic heterocycles. The van der Waals surface area contributed by atoms with Crippen molar-refractivity contribution in [1.82, 2.24) is 0 Å². The van der Waals surface area contributed by atoms with Gasteiger partial charge in [0.05, 0.1) is 33.0 Å². The number of phosphoric acid groups is 1. The van der Waals surface area contributed by atoms with E-state index in [-0.39, 0.29) is 12.8 Å². The van der Waals surface area contributed by atoms with Gasteiger partial charge < -0.3 is 139 Å². The summed E-state index contributed by atoms with van der Waals surface area (Å²) in [5.74, 6) is -1.43. The minimum Gasteiger partial charge on any atom is -0.462 e. The van der Waals surface area contributed by atoms with Crippen LogP contribution >= 0.6 is 7.82 Å². The van der Waals surface area contributed by atoms with Gasteiger partial charge in [-0.2, -0.15) is 0 Å². The van der Waals surface area contributed by atoms with Crippen LogP contribution in [0.25, 0.3) is 0 Å². The molecule has 5 fully saturated rings. The van der Waals surface area contributed by atoms with Crippen molar-refractivity contribution in [2.45, 2.75) is 378 Å². The van der Waals surface area contributed by atoms with Crippen LogP contribution < -0.4 is 0 Å². The molecule has 0 radical (unpaired) electrons. The lowest BCUT2D eigenvalue weighted by molar-refractivity contribution is -0.365. The highest BCUT2D eigenvalue weighted by molar-refractivity contribution is 7.47. The van der Waals surface area contributed by atoms with Gasteiger partial charge in [-0.05, 0) is 12.8 Å². The molecule has 0 amide bonds. The molecule has 4 saturated heterocycles. The first-order chi connectivity index (χ1) is 48.8. The topological polar surface area (TPSA) is 526 Å². The van der Waals surface area contributed by atoms with E-state index in [0.717, 1.165) is 64.2 Å². The van der Waals surface area contributed by atoms with Gasteiger partial charge in [-0.3, -0.25) is 18.6 Å². The second kappa shape index (κ2) is 48.5. The van der Waals surface area contributed by atoms with E-state index in [0.29, 0.717) is 19.3 Å². The predicted molar refractivity (Wildman–Crippen MR) is 357 cm³/mol. The highest BCUT2D eigenvalue weighted by Gasteiger charge is 2.59. The fourth-order valence-electron chi connectivity index (χ4n) is 13.1. The maximum Gasteiger partial charge on any atom is 0.472 e. The summed E-state index contributed by atoms with van der Waals surface area (Å²) in [7, 11) is -5.81. The molecular formula is C68H125O33P. The summed E-state index contributed by atoms with van der Waals surface area (Å²) < 4.78 is 81.5. The maximum absolute atomic E-state index is 14.4. The predicted octanol–water partition coefficient (Wildman–Crippen LogP) is 0.191. The fraction of sp³-hybridized carbons (Fsp3) is 0.971. The number of hydrogen-bond acceptors (Lipinski definition) is 32. The van der Waals surface area contributed by atoms with Crippen LogP contribution in [-0.4, -0.2) is 309 Å². The van der Waals surface area contributed by atoms with Gasteiger partial charge in [0.25, 0.3) is 0 Å². The Morgan fingerprint density at radius 3 is 1.01 bits per heavy atom. The van der Waals surface area contributed by atoms with Crippen LogP contribution in [-0.2, 0) is 70.6 Å². The first kappa shape index (κ1) is 90.7. The number of carbonyl (C=O) groups excluding carboxylic acids is 2. The summed E-state index contributed by atoms with van der Waals surface area (Å²) >= 11 is 0. The van der Waals surface area contributed by atoms with Gasteiger partial charge in [0.15, 0.2) is 31.3 Å². The third-order valence-corrected chi connectivity index (χ3v) is 20.6. The second-order valence-electron chi connectivity index (χ2n) is 27.9. The number of unbranched alkanes of at least 4 members (excludes halogenated alkanes) is 27. The zero-order chi connectivity index (χ0) is 74.9. The highest BCUT2D eigenvalue weighted by atomic mass is 31.2. The number of phosphoric ester groups is 1. The van der Waals surface area contributed by atoms with Gasteiger partial charge in [0, 0.05) is 12.8 Å². The van der Waals surface area contributed by atoms with Crippen LogP contribution in [0, 0.1) is 0 Å². The first-order valence-corrected chi connectivity index (χ1v) is 38.9. The third kappa shape index (κ3) is 29.5. The molecule has 102 heavy (non-hydrogen) atoms. The molecule has 33 nitrogen and oxygen atoms in total. The summed E-state index contributed by atoms with van der Waals surface area (Å²) in [6, 6.07) is 0. The molecular weight excluding hydrogens is 1380 g/mol. The van der Waals surface area contributed by atoms with Crippen molar-refractivity contribution in [3.05, 3.63) is 0 Å². The zero-order valence-corrected chi connectivity index (χ0v) is 60.3. The molecule has 0 spiro atoms. The van der Waals surface area contributed by atoms with E-state index in [4.69, 9.17) is 56.4 Å². The Balaban J connectivity index is 1.28. The van der Waals surface area contributed by atoms with Crippen molar-refractivity contribution in [3.63, 3.8) is 0 Å². The van der Waals surface area contributed by atoms with Crippen LogP contribution in [0.5, 0.6) is 0 Å². The summed E-state index contributed by atoms with van der Waals surface area (Å²) in [6.07, 6.45) is -24.5. The quantitative estimate of drug-likeness (QED) is 0.0220. The van der Waals surface area contributed by atoms with Crippen molar-refractivity contribution in [3.8, 4) is 0 Å². The molecule has 4 heterocycles. The molecule has 5 rings (SSSR count). The lowest BCUT2D eigenvalue weighted by atomic mass is 9.84. The summed E-state index contributed by atoms with van der Waals surface area (Å²) in [6.45, 7) is -0.880. The van der Waals surface area contributed by atoms with E-state index >= 15 is 0 Å². The minimum atomic E-state index is -5.81. The molecule has 0 bridgehead atoms. The van der Waals surface area contributed by atoms with Gasteiger partial charge in [0.2, 0.25) is 0 Å². The van der Waals surface area contributed by atoms with Gasteiger partial charge in [-0.1, -0.05) is 187 Å². The molecule has 600 valence electrons. The van der Waals surface area contributed by atoms with E-state index in [1.54, 1.807) is 0 Å². The number of esters is 2. The van der Waals surface area contributed by atoms with E-state index in [2.05, 4.69) is 13.8 Å². The Kier molecular flexibility index (Phi) is 43.2. The number of aliphatic hydroxyl groups excluding tert-OH is 17. The maximum atomic E-state index is 14.4. The van der Waals surface area contributed by atoms with Crippen molar-refractivity contribution >= 4 is 19.8 Å². The van der Waals surface area contributed by atoms with Crippen molar-refractivity contribution in [2.24, 2.45) is 0 Å². The summed E-state index contributed by atoms with van der Waals surface area (Å²) in [5, 5.41) is 184. The smallest absolute Gasteiger partial charge is 0.462 e. The van der Waals surface area contributed by atoms with Crippen molar-refractivity contribution < 1.29 is 162 Å². The first-order valence-electron chi connectivity index (χ1n) is 37.4. The zero-order valence-electron chi connectivity index (χ0n) is 59.4. The molecule has 5 aliphatic rings. The van der Waals surface area contributed by atoms with Gasteiger partial charge in [0.1, 0.15) is 141 Å². The van der Waals surface area contributed by atoms with E-state index in [9.17, 15) is 106 Å². The monoisotopic (exact) mass is 1500 g/mol. The normalized spacial score (nSPS) is 36.2. The Hall–Kier alpha value is -1.95. The van der Waals surface area contributed by atoms with Crippen LogP contribution in [0.2, 0.25) is 0 Å².